The van der Waals surface area contributed by atoms with Crippen molar-refractivity contribution in [1.82, 2.24) is 4.57 Å². The molecule has 7 aromatic carbocycles. The van der Waals surface area contributed by atoms with Gasteiger partial charge < -0.3 is 4.57 Å². The molecule has 2 amide bonds. The third-order valence-electron chi connectivity index (χ3n) is 9.75. The first-order valence-corrected chi connectivity index (χ1v) is 16.8. The summed E-state index contributed by atoms with van der Waals surface area (Å²) in [5.74, 6) is -1.07. The molecule has 1 aromatic heterocycles. The van der Waals surface area contributed by atoms with Crippen molar-refractivity contribution in [1.29, 1.82) is 0 Å². The molecule has 1 aliphatic heterocycles. The van der Waals surface area contributed by atoms with Crippen molar-refractivity contribution in [2.24, 2.45) is 0 Å². The van der Waals surface area contributed by atoms with Crippen LogP contribution >= 0.6 is 0 Å². The van der Waals surface area contributed by atoms with Gasteiger partial charge in [-0.3, -0.25) is 9.59 Å². The highest BCUT2D eigenvalue weighted by atomic mass is 19.4. The number of alkyl halides is 3. The number of aromatic nitrogens is 1. The van der Waals surface area contributed by atoms with Crippen LogP contribution in [0.2, 0.25) is 0 Å². The molecule has 4 nitrogen and oxygen atoms in total. The lowest BCUT2D eigenvalue weighted by Gasteiger charge is -2.24. The number of fused-ring (bicyclic) bond motifs is 4. The number of halogens is 3. The van der Waals surface area contributed by atoms with Crippen LogP contribution in [0, 0.1) is 0 Å². The van der Waals surface area contributed by atoms with Crippen molar-refractivity contribution < 1.29 is 22.8 Å². The molecule has 0 atom stereocenters. The third kappa shape index (κ3) is 4.85. The fraction of sp³-hybridized carbons (Fsp3) is 0.0222. The van der Waals surface area contributed by atoms with Gasteiger partial charge in [0.25, 0.3) is 11.8 Å². The van der Waals surface area contributed by atoms with Gasteiger partial charge in [0, 0.05) is 21.9 Å². The Morgan fingerprint density at radius 3 is 1.62 bits per heavy atom. The molecule has 250 valence electrons. The van der Waals surface area contributed by atoms with Crippen LogP contribution < -0.4 is 4.90 Å². The lowest BCUT2D eigenvalue weighted by atomic mass is 9.90. The second kappa shape index (κ2) is 12.0. The van der Waals surface area contributed by atoms with Crippen LogP contribution in [0.4, 0.5) is 18.9 Å². The van der Waals surface area contributed by atoms with Crippen molar-refractivity contribution in [3.05, 3.63) is 180 Å². The highest BCUT2D eigenvalue weighted by Crippen LogP contribution is 2.47. The molecule has 2 heterocycles. The molecular formula is C45H27F3N2O2. The van der Waals surface area contributed by atoms with Gasteiger partial charge in [0.15, 0.2) is 0 Å². The van der Waals surface area contributed by atoms with Crippen LogP contribution in [-0.2, 0) is 6.18 Å². The molecule has 52 heavy (non-hydrogen) atoms. The number of anilines is 1. The van der Waals surface area contributed by atoms with Crippen LogP contribution in [0.15, 0.2) is 164 Å². The Morgan fingerprint density at radius 2 is 1.00 bits per heavy atom. The zero-order valence-electron chi connectivity index (χ0n) is 27.4. The van der Waals surface area contributed by atoms with Crippen molar-refractivity contribution in [2.45, 2.75) is 6.18 Å². The van der Waals surface area contributed by atoms with E-state index in [0.29, 0.717) is 33.4 Å². The smallest absolute Gasteiger partial charge is 0.308 e. The van der Waals surface area contributed by atoms with Gasteiger partial charge in [-0.25, -0.2) is 4.90 Å². The molecule has 0 saturated carbocycles. The quantitative estimate of drug-likeness (QED) is 0.169. The maximum Gasteiger partial charge on any atom is 0.417 e. The fourth-order valence-electron chi connectivity index (χ4n) is 7.52. The summed E-state index contributed by atoms with van der Waals surface area (Å²) in [5, 5.41) is 0.428. The number of carbonyl (C=O) groups is 2. The molecule has 0 bridgehead atoms. The highest BCUT2D eigenvalue weighted by Gasteiger charge is 2.42. The molecular weight excluding hydrogens is 658 g/mol. The normalized spacial score (nSPS) is 12.9. The van der Waals surface area contributed by atoms with Crippen LogP contribution in [0.5, 0.6) is 0 Å². The standard InChI is InChI=1S/C45H27F3N2O2/c46-45(47,48)36-22-13-25-38-40(36)32-20-10-11-23-37(32)49(38)39-24-12-21-33-41(39)44(52)50(43(33)51)42-34(29-16-6-2-7-17-29)26-31(28-14-4-1-5-15-28)27-35(42)30-18-8-3-9-19-30/h1-27H. The molecule has 0 saturated heterocycles. The average Bonchev–Trinajstić information content (AvgIpc) is 3.65. The van der Waals surface area contributed by atoms with Crippen molar-refractivity contribution in [3.8, 4) is 39.1 Å². The van der Waals surface area contributed by atoms with E-state index in [1.165, 1.54) is 11.0 Å². The van der Waals surface area contributed by atoms with Crippen LogP contribution in [0.3, 0.4) is 0 Å². The van der Waals surface area contributed by atoms with E-state index in [0.717, 1.165) is 28.3 Å². The summed E-state index contributed by atoms with van der Waals surface area (Å²) < 4.78 is 44.9. The van der Waals surface area contributed by atoms with Crippen LogP contribution in [0.1, 0.15) is 26.3 Å². The first-order valence-electron chi connectivity index (χ1n) is 16.8. The van der Waals surface area contributed by atoms with E-state index in [9.17, 15) is 18.0 Å². The Kier molecular flexibility index (Phi) is 7.19. The number of para-hydroxylation sites is 1. The zero-order chi connectivity index (χ0) is 35.6. The maximum absolute atomic E-state index is 15.1. The Labute approximate surface area is 296 Å². The van der Waals surface area contributed by atoms with E-state index in [2.05, 4.69) is 0 Å². The summed E-state index contributed by atoms with van der Waals surface area (Å²) in [6.07, 6.45) is -4.61. The third-order valence-corrected chi connectivity index (χ3v) is 9.75. The number of rotatable bonds is 5. The Hall–Kier alpha value is -6.73. The van der Waals surface area contributed by atoms with Gasteiger partial charge in [0.1, 0.15) is 0 Å². The number of carbonyl (C=O) groups excluding carboxylic acids is 2. The Balaban J connectivity index is 1.32. The summed E-state index contributed by atoms with van der Waals surface area (Å²) in [4.78, 5) is 31.0. The summed E-state index contributed by atoms with van der Waals surface area (Å²) in [6.45, 7) is 0. The molecule has 7 heteroatoms. The van der Waals surface area contributed by atoms with Gasteiger partial charge in [-0.05, 0) is 64.7 Å². The van der Waals surface area contributed by atoms with Gasteiger partial charge in [-0.1, -0.05) is 121 Å². The maximum atomic E-state index is 15.1. The molecule has 0 N–H and O–H groups in total. The molecule has 8 aromatic rings. The summed E-state index contributed by atoms with van der Waals surface area (Å²) >= 11 is 0. The summed E-state index contributed by atoms with van der Waals surface area (Å²) in [6, 6.07) is 49.0. The lowest BCUT2D eigenvalue weighted by Crippen LogP contribution is -2.30. The van der Waals surface area contributed by atoms with Crippen molar-refractivity contribution in [3.63, 3.8) is 0 Å². The minimum absolute atomic E-state index is 0.0334. The monoisotopic (exact) mass is 684 g/mol. The van der Waals surface area contributed by atoms with E-state index >= 15 is 4.79 Å². The minimum atomic E-state index is -4.61. The predicted octanol–water partition coefficient (Wildman–Crippen LogP) is 11.6. The van der Waals surface area contributed by atoms with Crippen molar-refractivity contribution in [2.75, 3.05) is 4.90 Å². The average molecular weight is 685 g/mol. The zero-order valence-corrected chi connectivity index (χ0v) is 27.4. The molecule has 0 fully saturated rings. The Bertz CT molecular complexity index is 2640. The van der Waals surface area contributed by atoms with Crippen molar-refractivity contribution >= 4 is 39.3 Å². The van der Waals surface area contributed by atoms with Crippen LogP contribution in [0.25, 0.3) is 60.9 Å². The first-order chi connectivity index (χ1) is 25.3. The molecule has 0 unspecified atom stereocenters. The van der Waals surface area contributed by atoms with Gasteiger partial charge in [-0.15, -0.1) is 0 Å². The number of benzene rings is 7. The molecule has 0 aliphatic carbocycles. The van der Waals surface area contributed by atoms with E-state index in [4.69, 9.17) is 0 Å². The molecule has 0 spiro atoms. The van der Waals surface area contributed by atoms with E-state index in [1.54, 1.807) is 53.1 Å². The SMILES string of the molecule is O=C1c2cccc(-n3c4ccccc4c4c(C(F)(F)F)cccc43)c2C(=O)N1c1c(-c2ccccc2)cc(-c2ccccc2)cc1-c1ccccc1. The number of hydrogen-bond donors (Lipinski definition) is 0. The number of nitrogens with zero attached hydrogens (tertiary/aromatic N) is 2. The molecule has 1 aliphatic rings. The topological polar surface area (TPSA) is 42.3 Å². The number of imide groups is 1. The number of amides is 2. The number of hydrogen-bond acceptors (Lipinski definition) is 2. The first kappa shape index (κ1) is 31.3. The van der Waals surface area contributed by atoms with Crippen LogP contribution in [-0.4, -0.2) is 16.4 Å². The van der Waals surface area contributed by atoms with E-state index < -0.39 is 23.6 Å². The second-order valence-electron chi connectivity index (χ2n) is 12.7. The lowest BCUT2D eigenvalue weighted by molar-refractivity contribution is -0.136. The minimum Gasteiger partial charge on any atom is -0.308 e. The summed E-state index contributed by atoms with van der Waals surface area (Å²) in [7, 11) is 0. The summed E-state index contributed by atoms with van der Waals surface area (Å²) in [5.41, 5.74) is 5.92. The van der Waals surface area contributed by atoms with Gasteiger partial charge in [0.05, 0.1) is 39.1 Å². The second-order valence-corrected chi connectivity index (χ2v) is 12.7. The molecule has 0 radical (unpaired) electrons. The van der Waals surface area contributed by atoms with Gasteiger partial charge in [0.2, 0.25) is 0 Å². The van der Waals surface area contributed by atoms with E-state index in [1.807, 2.05) is 103 Å². The van der Waals surface area contributed by atoms with E-state index in [-0.39, 0.29) is 22.0 Å². The predicted molar refractivity (Wildman–Crippen MR) is 200 cm³/mol. The Morgan fingerprint density at radius 1 is 0.462 bits per heavy atom. The van der Waals surface area contributed by atoms with Gasteiger partial charge in [-0.2, -0.15) is 13.2 Å². The molecule has 9 rings (SSSR count). The van der Waals surface area contributed by atoms with Gasteiger partial charge >= 0.3 is 6.18 Å². The fourth-order valence-corrected chi connectivity index (χ4v) is 7.52. The highest BCUT2D eigenvalue weighted by molar-refractivity contribution is 6.37. The largest absolute Gasteiger partial charge is 0.417 e.